The van der Waals surface area contributed by atoms with Crippen LogP contribution in [0.4, 0.5) is 0 Å². The van der Waals surface area contributed by atoms with E-state index >= 15 is 0 Å². The quantitative estimate of drug-likeness (QED) is 0.582. The van der Waals surface area contributed by atoms with Crippen LogP contribution in [-0.4, -0.2) is 18.4 Å². The van der Waals surface area contributed by atoms with E-state index in [0.29, 0.717) is 6.42 Å². The Hall–Kier alpha value is -2.46. The number of benzene rings is 1. The molecule has 2 aromatic rings. The van der Waals surface area contributed by atoms with Crippen LogP contribution in [0.1, 0.15) is 29.7 Å². The SMILES string of the molecule is CCOC(=O)[C@@H]1C(=O)C=C(/C=C\c2cccs2)C[C@H]1c1ccccc1. The standard InChI is InChI=1S/C21H20O3S/c1-2-24-21(23)20-18(16-7-4-3-5-8-16)13-15(14-19(20)22)10-11-17-9-6-12-25-17/h3-12,14,18,20H,2,13H2,1H3/b11-10-/t18-,20-/m0/s1. The van der Waals surface area contributed by atoms with Crippen LogP contribution < -0.4 is 0 Å². The highest BCUT2D eigenvalue weighted by molar-refractivity contribution is 7.10. The van der Waals surface area contributed by atoms with Crippen molar-refractivity contribution in [3.63, 3.8) is 0 Å². The first-order chi connectivity index (χ1) is 12.2. The molecule has 2 atom stereocenters. The Bertz CT molecular complexity index is 788. The van der Waals surface area contributed by atoms with Gasteiger partial charge in [-0.1, -0.05) is 42.5 Å². The lowest BCUT2D eigenvalue weighted by Crippen LogP contribution is -2.34. The minimum absolute atomic E-state index is 0.176. The Morgan fingerprint density at radius 2 is 2.00 bits per heavy atom. The Kier molecular flexibility index (Phi) is 5.61. The molecule has 0 saturated carbocycles. The van der Waals surface area contributed by atoms with E-state index in [1.165, 1.54) is 0 Å². The van der Waals surface area contributed by atoms with E-state index in [9.17, 15) is 9.59 Å². The normalized spacial score (nSPS) is 20.5. The number of thiophene rings is 1. The summed E-state index contributed by atoms with van der Waals surface area (Å²) in [6.45, 7) is 2.03. The number of carbonyl (C=O) groups is 2. The topological polar surface area (TPSA) is 43.4 Å². The molecule has 0 amide bonds. The van der Waals surface area contributed by atoms with E-state index in [1.54, 1.807) is 24.3 Å². The minimum atomic E-state index is -0.763. The minimum Gasteiger partial charge on any atom is -0.465 e. The van der Waals surface area contributed by atoms with Crippen LogP contribution in [0.15, 0.2) is 65.6 Å². The molecule has 1 aromatic heterocycles. The van der Waals surface area contributed by atoms with Crippen molar-refractivity contribution < 1.29 is 14.3 Å². The van der Waals surface area contributed by atoms with E-state index < -0.39 is 11.9 Å². The van der Waals surface area contributed by atoms with Crippen LogP contribution in [0, 0.1) is 5.92 Å². The van der Waals surface area contributed by atoms with Crippen LogP contribution in [0.3, 0.4) is 0 Å². The molecule has 0 spiro atoms. The van der Waals surface area contributed by atoms with Crippen molar-refractivity contribution in [1.82, 2.24) is 0 Å². The molecule has 0 saturated heterocycles. The number of carbonyl (C=O) groups excluding carboxylic acids is 2. The number of esters is 1. The third kappa shape index (κ3) is 4.15. The fourth-order valence-corrected chi connectivity index (χ4v) is 3.73. The third-order valence-electron chi connectivity index (χ3n) is 4.27. The van der Waals surface area contributed by atoms with Gasteiger partial charge in [0.15, 0.2) is 5.78 Å². The summed E-state index contributed by atoms with van der Waals surface area (Å²) >= 11 is 1.65. The van der Waals surface area contributed by atoms with Crippen molar-refractivity contribution in [2.45, 2.75) is 19.3 Å². The molecule has 1 aliphatic rings. The predicted octanol–water partition coefficient (Wildman–Crippen LogP) is 4.62. The summed E-state index contributed by atoms with van der Waals surface area (Å²) in [5.41, 5.74) is 1.93. The summed E-state index contributed by atoms with van der Waals surface area (Å²) in [4.78, 5) is 26.1. The van der Waals surface area contributed by atoms with Gasteiger partial charge in [-0.3, -0.25) is 9.59 Å². The molecular formula is C21H20O3S. The average Bonchev–Trinajstić information content (AvgIpc) is 3.14. The van der Waals surface area contributed by atoms with Crippen LogP contribution >= 0.6 is 11.3 Å². The van der Waals surface area contributed by atoms with E-state index in [-0.39, 0.29) is 18.3 Å². The summed E-state index contributed by atoms with van der Waals surface area (Å²) in [6, 6.07) is 13.8. The molecular weight excluding hydrogens is 332 g/mol. The molecule has 1 heterocycles. The van der Waals surface area contributed by atoms with Gasteiger partial charge >= 0.3 is 5.97 Å². The molecule has 0 radical (unpaired) electrons. The fourth-order valence-electron chi connectivity index (χ4n) is 3.12. The van der Waals surface area contributed by atoms with Crippen LogP contribution in [0.5, 0.6) is 0 Å². The molecule has 0 aliphatic heterocycles. The van der Waals surface area contributed by atoms with Gasteiger partial charge in [-0.05, 0) is 48.1 Å². The molecule has 0 unspecified atom stereocenters. The highest BCUT2D eigenvalue weighted by Gasteiger charge is 2.38. The molecule has 1 aromatic carbocycles. The lowest BCUT2D eigenvalue weighted by Gasteiger charge is -2.28. The summed E-state index contributed by atoms with van der Waals surface area (Å²) in [6.07, 6.45) is 6.21. The van der Waals surface area contributed by atoms with Crippen molar-refractivity contribution in [1.29, 1.82) is 0 Å². The highest BCUT2D eigenvalue weighted by Crippen LogP contribution is 2.37. The summed E-state index contributed by atoms with van der Waals surface area (Å²) in [5, 5.41) is 2.02. The second-order valence-electron chi connectivity index (χ2n) is 5.92. The Morgan fingerprint density at radius 1 is 1.20 bits per heavy atom. The predicted molar refractivity (Wildman–Crippen MR) is 100 cm³/mol. The molecule has 0 N–H and O–H groups in total. The fraction of sp³-hybridized carbons (Fsp3) is 0.238. The van der Waals surface area contributed by atoms with Crippen molar-refractivity contribution in [2.75, 3.05) is 6.61 Å². The van der Waals surface area contributed by atoms with E-state index in [0.717, 1.165) is 16.0 Å². The van der Waals surface area contributed by atoms with Gasteiger partial charge < -0.3 is 4.74 Å². The van der Waals surface area contributed by atoms with E-state index in [1.807, 2.05) is 60.0 Å². The largest absolute Gasteiger partial charge is 0.465 e. The molecule has 128 valence electrons. The number of rotatable bonds is 5. The van der Waals surface area contributed by atoms with Gasteiger partial charge in [-0.15, -0.1) is 11.3 Å². The van der Waals surface area contributed by atoms with Crippen LogP contribution in [-0.2, 0) is 14.3 Å². The summed E-state index contributed by atoms with van der Waals surface area (Å²) in [5.74, 6) is -1.56. The number of ether oxygens (including phenoxy) is 1. The number of hydrogen-bond acceptors (Lipinski definition) is 4. The number of allylic oxidation sites excluding steroid dienone is 3. The molecule has 4 heteroatoms. The maximum atomic E-state index is 12.7. The maximum Gasteiger partial charge on any atom is 0.317 e. The van der Waals surface area contributed by atoms with Gasteiger partial charge in [0.25, 0.3) is 0 Å². The Morgan fingerprint density at radius 3 is 2.68 bits per heavy atom. The first-order valence-corrected chi connectivity index (χ1v) is 9.24. The van der Waals surface area contributed by atoms with E-state index in [4.69, 9.17) is 4.74 Å². The third-order valence-corrected chi connectivity index (χ3v) is 5.10. The number of ketones is 1. The molecule has 3 nitrogen and oxygen atoms in total. The lowest BCUT2D eigenvalue weighted by atomic mass is 9.75. The van der Waals surface area contributed by atoms with Gasteiger partial charge in [0.2, 0.25) is 0 Å². The zero-order valence-corrected chi connectivity index (χ0v) is 14.9. The Labute approximate surface area is 151 Å². The van der Waals surface area contributed by atoms with Gasteiger partial charge in [0.1, 0.15) is 5.92 Å². The first kappa shape index (κ1) is 17.4. The average molecular weight is 352 g/mol. The maximum absolute atomic E-state index is 12.7. The smallest absolute Gasteiger partial charge is 0.317 e. The van der Waals surface area contributed by atoms with Crippen molar-refractivity contribution in [2.24, 2.45) is 5.92 Å². The molecule has 0 fully saturated rings. The highest BCUT2D eigenvalue weighted by atomic mass is 32.1. The summed E-state index contributed by atoms with van der Waals surface area (Å²) < 4.78 is 5.15. The summed E-state index contributed by atoms with van der Waals surface area (Å²) in [7, 11) is 0. The first-order valence-electron chi connectivity index (χ1n) is 8.36. The van der Waals surface area contributed by atoms with Crippen molar-refractivity contribution in [3.05, 3.63) is 76.0 Å². The zero-order chi connectivity index (χ0) is 17.6. The van der Waals surface area contributed by atoms with Crippen molar-refractivity contribution >= 4 is 29.2 Å². The molecule has 0 bridgehead atoms. The number of hydrogen-bond donors (Lipinski definition) is 0. The van der Waals surface area contributed by atoms with Gasteiger partial charge in [0.05, 0.1) is 6.61 Å². The van der Waals surface area contributed by atoms with Gasteiger partial charge in [-0.2, -0.15) is 0 Å². The zero-order valence-electron chi connectivity index (χ0n) is 14.1. The Balaban J connectivity index is 1.90. The van der Waals surface area contributed by atoms with Crippen LogP contribution in [0.2, 0.25) is 0 Å². The molecule has 3 rings (SSSR count). The van der Waals surface area contributed by atoms with Gasteiger partial charge in [0, 0.05) is 10.8 Å². The monoisotopic (exact) mass is 352 g/mol. The second kappa shape index (κ2) is 8.08. The van der Waals surface area contributed by atoms with Crippen molar-refractivity contribution in [3.8, 4) is 0 Å². The van der Waals surface area contributed by atoms with Crippen LogP contribution in [0.25, 0.3) is 6.08 Å². The van der Waals surface area contributed by atoms with E-state index in [2.05, 4.69) is 0 Å². The second-order valence-corrected chi connectivity index (χ2v) is 6.90. The van der Waals surface area contributed by atoms with Gasteiger partial charge in [-0.25, -0.2) is 0 Å². The lowest BCUT2D eigenvalue weighted by molar-refractivity contribution is -0.151. The molecule has 1 aliphatic carbocycles. The molecule has 25 heavy (non-hydrogen) atoms.